The monoisotopic (exact) mass is 801 g/mol. The number of fused-ring (bicyclic) bond motifs is 9. The quantitative estimate of drug-likeness (QED) is 0.137. The molecule has 1 aliphatic carbocycles. The molecule has 5 nitrogen and oxygen atoms in total. The maximum atomic E-state index is 6.42. The molecule has 7 aromatic rings. The molecule has 226 valence electrons. The smallest absolute Gasteiger partial charge is 0.509 e. The SMILES string of the molecule is [Pt+2].[c-]1c(Oc2[c-]c3c(cc2)c2ccccc2n3-c2ccccn2)cccc1-n1cc2c(n1)[Si]1(C=C2)C2=C(CCC=C2)c2ccccc21. The summed E-state index contributed by atoms with van der Waals surface area (Å²) in [5.41, 5.74) is 9.43. The second-order valence-corrected chi connectivity index (χ2v) is 15.5. The fraction of sp³-hybridized carbons (Fsp3) is 0.0500. The molecule has 0 bridgehead atoms. The Hall–Kier alpha value is -5.03. The first-order valence-electron chi connectivity index (χ1n) is 15.6. The van der Waals surface area contributed by atoms with Crippen molar-refractivity contribution in [3.05, 3.63) is 156 Å². The van der Waals surface area contributed by atoms with Crippen LogP contribution in [0.3, 0.4) is 0 Å². The maximum absolute atomic E-state index is 6.42. The molecule has 0 N–H and O–H groups in total. The van der Waals surface area contributed by atoms with Crippen LogP contribution in [0.5, 0.6) is 11.5 Å². The van der Waals surface area contributed by atoms with Gasteiger partial charge in [-0.1, -0.05) is 78.0 Å². The van der Waals surface area contributed by atoms with Crippen molar-refractivity contribution in [3.63, 3.8) is 0 Å². The molecule has 3 aliphatic rings. The van der Waals surface area contributed by atoms with Crippen LogP contribution < -0.4 is 15.2 Å². The minimum absolute atomic E-state index is 0. The van der Waals surface area contributed by atoms with Crippen LogP contribution in [0.4, 0.5) is 0 Å². The van der Waals surface area contributed by atoms with Gasteiger partial charge in [0.15, 0.2) is 8.07 Å². The number of ether oxygens (including phenoxy) is 1. The first kappa shape index (κ1) is 28.2. The fourth-order valence-electron chi connectivity index (χ4n) is 7.62. The van der Waals surface area contributed by atoms with Gasteiger partial charge >= 0.3 is 21.1 Å². The van der Waals surface area contributed by atoms with Gasteiger partial charge in [0, 0.05) is 35.0 Å². The summed E-state index contributed by atoms with van der Waals surface area (Å²) < 4.78 is 10.5. The minimum Gasteiger partial charge on any atom is -0.509 e. The average Bonchev–Trinajstić information content (AvgIpc) is 3.85. The summed E-state index contributed by atoms with van der Waals surface area (Å²) in [4.78, 5) is 4.64. The van der Waals surface area contributed by atoms with Crippen LogP contribution in [0.1, 0.15) is 24.0 Å². The van der Waals surface area contributed by atoms with Crippen molar-refractivity contribution in [2.75, 3.05) is 0 Å². The zero-order valence-electron chi connectivity index (χ0n) is 25.1. The Morgan fingerprint density at radius 2 is 1.66 bits per heavy atom. The van der Waals surface area contributed by atoms with Crippen LogP contribution >= 0.6 is 0 Å². The van der Waals surface area contributed by atoms with Gasteiger partial charge < -0.3 is 9.30 Å². The second kappa shape index (κ2) is 10.8. The normalized spacial score (nSPS) is 17.3. The molecule has 1 unspecified atom stereocenters. The number of nitrogens with zero attached hydrogens (tertiary/aromatic N) is 4. The summed E-state index contributed by atoms with van der Waals surface area (Å²) in [5, 5.41) is 11.7. The van der Waals surface area contributed by atoms with Gasteiger partial charge in [-0.25, -0.2) is 4.98 Å². The molecule has 0 fully saturated rings. The first-order valence-corrected chi connectivity index (χ1v) is 17.7. The van der Waals surface area contributed by atoms with E-state index >= 15 is 0 Å². The van der Waals surface area contributed by atoms with Crippen LogP contribution in [0.15, 0.2) is 133 Å². The largest absolute Gasteiger partial charge is 2.00 e. The number of benzene rings is 4. The van der Waals surface area contributed by atoms with Crippen LogP contribution in [0.2, 0.25) is 0 Å². The number of para-hydroxylation sites is 1. The number of rotatable bonds is 4. The second-order valence-electron chi connectivity index (χ2n) is 12.0. The summed E-state index contributed by atoms with van der Waals surface area (Å²) >= 11 is 0. The predicted molar refractivity (Wildman–Crippen MR) is 186 cm³/mol. The minimum atomic E-state index is -2.31. The maximum Gasteiger partial charge on any atom is 2.00 e. The third kappa shape index (κ3) is 4.11. The van der Waals surface area contributed by atoms with Gasteiger partial charge in [-0.15, -0.1) is 35.7 Å². The Morgan fingerprint density at radius 1 is 0.787 bits per heavy atom. The van der Waals surface area contributed by atoms with E-state index in [1.165, 1.54) is 32.4 Å². The van der Waals surface area contributed by atoms with Crippen molar-refractivity contribution >= 4 is 52.0 Å². The Labute approximate surface area is 287 Å². The Kier molecular flexibility index (Phi) is 6.46. The van der Waals surface area contributed by atoms with Crippen molar-refractivity contribution in [1.82, 2.24) is 19.3 Å². The average molecular weight is 802 g/mol. The molecule has 0 radical (unpaired) electrons. The molecular formula is C40H26N4OPtSi. The van der Waals surface area contributed by atoms with E-state index in [1.807, 2.05) is 53.3 Å². The van der Waals surface area contributed by atoms with Crippen molar-refractivity contribution in [3.8, 4) is 23.0 Å². The molecule has 4 aromatic carbocycles. The molecule has 47 heavy (non-hydrogen) atoms. The van der Waals surface area contributed by atoms with E-state index in [4.69, 9.17) is 9.84 Å². The van der Waals surface area contributed by atoms with Gasteiger partial charge in [0.25, 0.3) is 0 Å². The summed E-state index contributed by atoms with van der Waals surface area (Å²) in [7, 11) is -2.31. The van der Waals surface area contributed by atoms with E-state index in [9.17, 15) is 0 Å². The molecule has 3 aromatic heterocycles. The molecule has 10 rings (SSSR count). The van der Waals surface area contributed by atoms with Crippen molar-refractivity contribution in [1.29, 1.82) is 0 Å². The van der Waals surface area contributed by atoms with E-state index in [1.54, 1.807) is 0 Å². The van der Waals surface area contributed by atoms with Crippen LogP contribution in [-0.4, -0.2) is 27.4 Å². The Bertz CT molecular complexity index is 2470. The molecule has 5 heterocycles. The van der Waals surface area contributed by atoms with Gasteiger partial charge in [0.1, 0.15) is 5.82 Å². The standard InChI is InChI=1S/C40H26N4OSi.Pt/c1-4-15-35-31(12-1)32-20-19-30(25-36(32)44(35)39-18-7-8-22-41-39)45-29-11-9-10-28(24-29)43-26-27-21-23-46(40(27)42-43)37-16-5-2-13-33(37)34-14-3-6-17-38(34)46;/h1-2,4-13,15-23,26H,3,14H2;/q-2;+2. The van der Waals surface area contributed by atoms with E-state index in [0.717, 1.165) is 46.2 Å². The molecule has 2 aliphatic heterocycles. The molecule has 1 atom stereocenters. The molecule has 0 amide bonds. The number of allylic oxidation sites excluding steroid dienone is 4. The number of aromatic nitrogens is 4. The summed E-state index contributed by atoms with van der Waals surface area (Å²) in [6.07, 6.45) is 13.1. The summed E-state index contributed by atoms with van der Waals surface area (Å²) in [5.74, 6) is 2.07. The fourth-order valence-corrected chi connectivity index (χ4v) is 12.4. The van der Waals surface area contributed by atoms with E-state index in [2.05, 4.69) is 106 Å². The topological polar surface area (TPSA) is 44.9 Å². The summed E-state index contributed by atoms with van der Waals surface area (Å²) in [6, 6.07) is 40.3. The third-order valence-corrected chi connectivity index (χ3v) is 14.0. The first-order chi connectivity index (χ1) is 22.8. The predicted octanol–water partition coefficient (Wildman–Crippen LogP) is 7.54. The van der Waals surface area contributed by atoms with Gasteiger partial charge in [0.2, 0.25) is 0 Å². The molecule has 0 saturated carbocycles. The molecule has 0 saturated heterocycles. The van der Waals surface area contributed by atoms with Crippen molar-refractivity contribution in [2.24, 2.45) is 0 Å². The third-order valence-electron chi connectivity index (χ3n) is 9.56. The van der Waals surface area contributed by atoms with E-state index < -0.39 is 8.07 Å². The van der Waals surface area contributed by atoms with Crippen LogP contribution in [-0.2, 0) is 21.1 Å². The zero-order chi connectivity index (χ0) is 30.2. The van der Waals surface area contributed by atoms with Gasteiger partial charge in [0.05, 0.1) is 5.32 Å². The molecular weight excluding hydrogens is 776 g/mol. The number of hydrogen-bond donors (Lipinski definition) is 0. The van der Waals surface area contributed by atoms with E-state index in [0.29, 0.717) is 11.5 Å². The molecule has 7 heteroatoms. The van der Waals surface area contributed by atoms with Crippen LogP contribution in [0, 0.1) is 12.1 Å². The number of pyridine rings is 1. The van der Waals surface area contributed by atoms with Crippen molar-refractivity contribution in [2.45, 2.75) is 12.8 Å². The van der Waals surface area contributed by atoms with Gasteiger partial charge in [-0.2, -0.15) is 17.2 Å². The number of hydrogen-bond acceptors (Lipinski definition) is 3. The zero-order valence-corrected chi connectivity index (χ0v) is 28.4. The van der Waals surface area contributed by atoms with Gasteiger partial charge in [-0.05, 0) is 63.6 Å². The van der Waals surface area contributed by atoms with Crippen molar-refractivity contribution < 1.29 is 25.8 Å². The molecule has 1 spiro atoms. The van der Waals surface area contributed by atoms with Gasteiger partial charge in [-0.3, -0.25) is 4.68 Å². The van der Waals surface area contributed by atoms with Crippen LogP contribution in [0.25, 0.3) is 45.0 Å². The Morgan fingerprint density at radius 3 is 2.60 bits per heavy atom. The van der Waals surface area contributed by atoms with E-state index in [-0.39, 0.29) is 21.1 Å². The summed E-state index contributed by atoms with van der Waals surface area (Å²) in [6.45, 7) is 0. The Balaban J connectivity index is 0.00000302.